The molecule has 0 aliphatic heterocycles. The van der Waals surface area contributed by atoms with Crippen LogP contribution in [0.2, 0.25) is 0 Å². The number of rotatable bonds is 12. The molecule has 2 nitrogen and oxygen atoms in total. The molecule has 234 valence electrons. The summed E-state index contributed by atoms with van der Waals surface area (Å²) in [5.41, 5.74) is 13.9. The van der Waals surface area contributed by atoms with E-state index in [9.17, 15) is 0 Å². The summed E-state index contributed by atoms with van der Waals surface area (Å²) >= 11 is 0. The summed E-state index contributed by atoms with van der Waals surface area (Å²) in [5.74, 6) is 0. The summed E-state index contributed by atoms with van der Waals surface area (Å²) in [6, 6.07) is 34.9. The second kappa shape index (κ2) is 16.3. The van der Waals surface area contributed by atoms with Gasteiger partial charge in [0.2, 0.25) is 0 Å². The first-order chi connectivity index (χ1) is 22.2. The molecule has 0 N–H and O–H groups in total. The SMILES string of the molecule is C=C(Cc1ccccc1/C(=C(C)/C=C\C)N(c1cccc(C)c1)c1cccc(C)c1)N(/C=C/C(C)=C\C=C/C)c1cccc(C)c1. The maximum atomic E-state index is 4.66. The topological polar surface area (TPSA) is 6.48 Å². The van der Waals surface area contributed by atoms with Gasteiger partial charge >= 0.3 is 0 Å². The average molecular weight is 605 g/mol. The predicted molar refractivity (Wildman–Crippen MR) is 203 cm³/mol. The average Bonchev–Trinajstić information content (AvgIpc) is 3.03. The highest BCUT2D eigenvalue weighted by Crippen LogP contribution is 2.39. The molecule has 0 fully saturated rings. The zero-order valence-electron chi connectivity index (χ0n) is 28.6. The van der Waals surface area contributed by atoms with Gasteiger partial charge in [-0.3, -0.25) is 0 Å². The highest BCUT2D eigenvalue weighted by molar-refractivity contribution is 5.91. The van der Waals surface area contributed by atoms with Crippen LogP contribution < -0.4 is 9.80 Å². The van der Waals surface area contributed by atoms with Gasteiger partial charge in [0.25, 0.3) is 0 Å². The van der Waals surface area contributed by atoms with E-state index in [0.29, 0.717) is 6.42 Å². The van der Waals surface area contributed by atoms with Gasteiger partial charge in [0.05, 0.1) is 5.70 Å². The van der Waals surface area contributed by atoms with Crippen LogP contribution >= 0.6 is 0 Å². The smallest absolute Gasteiger partial charge is 0.0565 e. The number of aryl methyl sites for hydroxylation is 3. The molecule has 0 aromatic heterocycles. The first-order valence-electron chi connectivity index (χ1n) is 16.1. The van der Waals surface area contributed by atoms with Gasteiger partial charge < -0.3 is 9.80 Å². The number of hydrogen-bond donors (Lipinski definition) is 0. The van der Waals surface area contributed by atoms with Crippen molar-refractivity contribution >= 4 is 22.8 Å². The molecule has 0 spiro atoms. The van der Waals surface area contributed by atoms with E-state index in [-0.39, 0.29) is 0 Å². The molecule has 46 heavy (non-hydrogen) atoms. The van der Waals surface area contributed by atoms with Crippen molar-refractivity contribution in [2.24, 2.45) is 0 Å². The van der Waals surface area contributed by atoms with Crippen LogP contribution in [0, 0.1) is 20.8 Å². The Morgan fingerprint density at radius 2 is 1.24 bits per heavy atom. The lowest BCUT2D eigenvalue weighted by molar-refractivity contribution is 1.04. The van der Waals surface area contributed by atoms with E-state index in [0.717, 1.165) is 28.5 Å². The van der Waals surface area contributed by atoms with Crippen molar-refractivity contribution in [2.45, 2.75) is 54.9 Å². The Bertz CT molecular complexity index is 1770. The van der Waals surface area contributed by atoms with Crippen LogP contribution in [0.1, 0.15) is 55.5 Å². The van der Waals surface area contributed by atoms with Gasteiger partial charge in [0.1, 0.15) is 0 Å². The van der Waals surface area contributed by atoms with Crippen molar-refractivity contribution in [3.8, 4) is 0 Å². The lowest BCUT2D eigenvalue weighted by Crippen LogP contribution is -2.20. The van der Waals surface area contributed by atoms with Gasteiger partial charge in [0.15, 0.2) is 0 Å². The lowest BCUT2D eigenvalue weighted by atomic mass is 9.95. The van der Waals surface area contributed by atoms with Crippen molar-refractivity contribution in [2.75, 3.05) is 9.80 Å². The Hall–Kier alpha value is -5.08. The quantitative estimate of drug-likeness (QED) is 0.148. The van der Waals surface area contributed by atoms with Crippen LogP contribution in [0.5, 0.6) is 0 Å². The Morgan fingerprint density at radius 3 is 1.80 bits per heavy atom. The van der Waals surface area contributed by atoms with Crippen LogP contribution in [0.15, 0.2) is 163 Å². The molecule has 0 aliphatic rings. The van der Waals surface area contributed by atoms with Crippen molar-refractivity contribution in [1.29, 1.82) is 0 Å². The zero-order valence-corrected chi connectivity index (χ0v) is 28.6. The van der Waals surface area contributed by atoms with Gasteiger partial charge in [-0.1, -0.05) is 97.6 Å². The molecule has 0 saturated heterocycles. The van der Waals surface area contributed by atoms with E-state index >= 15 is 0 Å². The summed E-state index contributed by atoms with van der Waals surface area (Å²) in [6.45, 7) is 19.5. The molecule has 0 aliphatic carbocycles. The fraction of sp³-hybridized carbons (Fsp3) is 0.182. The third-order valence-corrected chi connectivity index (χ3v) is 7.86. The largest absolute Gasteiger partial charge is 0.321 e. The van der Waals surface area contributed by atoms with E-state index in [1.165, 1.54) is 39.0 Å². The summed E-state index contributed by atoms with van der Waals surface area (Å²) in [5, 5.41) is 0. The van der Waals surface area contributed by atoms with E-state index in [4.69, 9.17) is 0 Å². The Kier molecular flexibility index (Phi) is 12.0. The van der Waals surface area contributed by atoms with E-state index < -0.39 is 0 Å². The first kappa shape index (κ1) is 33.8. The lowest BCUT2D eigenvalue weighted by Gasteiger charge is -2.32. The van der Waals surface area contributed by atoms with E-state index in [1.54, 1.807) is 0 Å². The zero-order chi connectivity index (χ0) is 33.1. The van der Waals surface area contributed by atoms with Gasteiger partial charge in [-0.15, -0.1) is 0 Å². The normalized spacial score (nSPS) is 12.6. The third-order valence-electron chi connectivity index (χ3n) is 7.86. The van der Waals surface area contributed by atoms with Crippen LogP contribution in [0.25, 0.3) is 5.70 Å². The van der Waals surface area contributed by atoms with Crippen LogP contribution in [-0.4, -0.2) is 0 Å². The van der Waals surface area contributed by atoms with Crippen molar-refractivity contribution in [3.05, 3.63) is 191 Å². The molecule has 4 rings (SSSR count). The fourth-order valence-corrected chi connectivity index (χ4v) is 5.64. The van der Waals surface area contributed by atoms with Crippen molar-refractivity contribution in [1.82, 2.24) is 0 Å². The number of nitrogens with zero attached hydrogens (tertiary/aromatic N) is 2. The van der Waals surface area contributed by atoms with Crippen LogP contribution in [0.4, 0.5) is 17.1 Å². The van der Waals surface area contributed by atoms with Gasteiger partial charge in [-0.2, -0.15) is 0 Å². The summed E-state index contributed by atoms with van der Waals surface area (Å²) < 4.78 is 0. The van der Waals surface area contributed by atoms with Gasteiger partial charge in [-0.25, -0.2) is 0 Å². The maximum absolute atomic E-state index is 4.66. The summed E-state index contributed by atoms with van der Waals surface area (Å²) in [7, 11) is 0. The first-order valence-corrected chi connectivity index (χ1v) is 16.1. The maximum Gasteiger partial charge on any atom is 0.0565 e. The minimum Gasteiger partial charge on any atom is -0.321 e. The third kappa shape index (κ3) is 8.76. The minimum absolute atomic E-state index is 0.675. The Labute approximate surface area is 277 Å². The van der Waals surface area contributed by atoms with Gasteiger partial charge in [-0.05, 0) is 124 Å². The number of benzene rings is 4. The molecule has 0 atom stereocenters. The molecule has 2 heteroatoms. The number of hydrogen-bond acceptors (Lipinski definition) is 2. The molecular weight excluding hydrogens is 556 g/mol. The monoisotopic (exact) mass is 604 g/mol. The summed E-state index contributed by atoms with van der Waals surface area (Å²) in [4.78, 5) is 4.63. The van der Waals surface area contributed by atoms with Crippen molar-refractivity contribution < 1.29 is 0 Å². The molecule has 0 unspecified atom stereocenters. The molecule has 0 radical (unpaired) electrons. The van der Waals surface area contributed by atoms with Gasteiger partial charge in [0, 0.05) is 40.9 Å². The Balaban J connectivity index is 1.87. The Morgan fingerprint density at radius 1 is 0.674 bits per heavy atom. The fourth-order valence-electron chi connectivity index (χ4n) is 5.64. The second-order valence-corrected chi connectivity index (χ2v) is 11.9. The molecule has 0 amide bonds. The molecule has 0 heterocycles. The van der Waals surface area contributed by atoms with Crippen LogP contribution in [0.3, 0.4) is 0 Å². The molecule has 0 bridgehead atoms. The van der Waals surface area contributed by atoms with E-state index in [1.807, 2.05) is 13.0 Å². The highest BCUT2D eigenvalue weighted by atomic mass is 15.2. The van der Waals surface area contributed by atoms with E-state index in [2.05, 4.69) is 192 Å². The molecular formula is C44H48N2. The molecule has 4 aromatic carbocycles. The highest BCUT2D eigenvalue weighted by Gasteiger charge is 2.22. The molecule has 4 aromatic rings. The van der Waals surface area contributed by atoms with Crippen molar-refractivity contribution in [3.63, 3.8) is 0 Å². The van der Waals surface area contributed by atoms with Crippen LogP contribution in [-0.2, 0) is 6.42 Å². The number of anilines is 3. The standard InChI is InChI=1S/C44H48N2/c1-9-11-18-33(3)27-28-45(40-23-14-19-34(4)29-40)38(8)32-39-22-12-13-26-43(39)44(37(7)17-10-2)46(41-24-15-20-35(5)30-41)42-25-16-21-36(6)31-42/h9-31H,8,32H2,1-7H3/b11-9-,17-10-,28-27+,33-18-,44-37-. The summed E-state index contributed by atoms with van der Waals surface area (Å²) in [6.07, 6.45) is 15.5. The number of allylic oxidation sites excluding steroid dienone is 9. The predicted octanol–water partition coefficient (Wildman–Crippen LogP) is 12.4. The minimum atomic E-state index is 0.675. The second-order valence-electron chi connectivity index (χ2n) is 11.9. The molecule has 0 saturated carbocycles.